The van der Waals surface area contributed by atoms with E-state index in [1.54, 1.807) is 6.92 Å². The van der Waals surface area contributed by atoms with Gasteiger partial charge in [-0.2, -0.15) is 0 Å². The number of carbonyl (C=O) groups excluding carboxylic acids is 1. The Morgan fingerprint density at radius 1 is 1.56 bits per heavy atom. The minimum atomic E-state index is -0.381. The smallest absolute Gasteiger partial charge is 0.249 e. The molecule has 0 aromatic heterocycles. The lowest BCUT2D eigenvalue weighted by molar-refractivity contribution is -0.132. The molecule has 0 saturated heterocycles. The molecule has 4 nitrogen and oxygen atoms in total. The molecule has 1 aliphatic rings. The molecule has 1 fully saturated rings. The molecule has 1 rings (SSSR count). The van der Waals surface area contributed by atoms with Gasteiger partial charge in [0, 0.05) is 12.6 Å². The van der Waals surface area contributed by atoms with Gasteiger partial charge in [0.2, 0.25) is 5.91 Å². The highest BCUT2D eigenvalue weighted by Gasteiger charge is 2.24. The quantitative estimate of drug-likeness (QED) is 0.655. The number of hydrogen-bond acceptors (Lipinski definition) is 3. The number of nitrogens with one attached hydrogen (secondary N) is 1. The van der Waals surface area contributed by atoms with E-state index in [0.29, 0.717) is 18.9 Å². The number of aliphatic hydroxyl groups is 1. The summed E-state index contributed by atoms with van der Waals surface area (Å²) >= 11 is 0. The summed E-state index contributed by atoms with van der Waals surface area (Å²) in [5.41, 5.74) is 0. The fourth-order valence-electron chi connectivity index (χ4n) is 1.49. The molecule has 94 valence electrons. The van der Waals surface area contributed by atoms with Crippen molar-refractivity contribution in [1.82, 2.24) is 5.32 Å². The van der Waals surface area contributed by atoms with E-state index < -0.39 is 0 Å². The first kappa shape index (κ1) is 13.5. The molecule has 1 aliphatic carbocycles. The lowest BCUT2D eigenvalue weighted by Gasteiger charge is -2.19. The zero-order chi connectivity index (χ0) is 12.0. The molecule has 0 bridgehead atoms. The average molecular weight is 229 g/mol. The van der Waals surface area contributed by atoms with Gasteiger partial charge in [0.1, 0.15) is 6.10 Å². The van der Waals surface area contributed by atoms with Crippen LogP contribution in [-0.2, 0) is 9.53 Å². The average Bonchev–Trinajstić information content (AvgIpc) is 3.08. The SMILES string of the molecule is CCC(CCO)NC(=O)C(C)OCC1CC1. The molecule has 0 spiro atoms. The standard InChI is InChI=1S/C12H23NO3/c1-3-11(6-7-14)13-12(15)9(2)16-8-10-4-5-10/h9-11,14H,3-8H2,1-2H3,(H,13,15). The van der Waals surface area contributed by atoms with Crippen LogP contribution in [0.1, 0.15) is 39.5 Å². The summed E-state index contributed by atoms with van der Waals surface area (Å²) in [6.07, 6.45) is 3.53. The minimum Gasteiger partial charge on any atom is -0.396 e. The van der Waals surface area contributed by atoms with Gasteiger partial charge in [0.05, 0.1) is 6.61 Å². The lowest BCUT2D eigenvalue weighted by Crippen LogP contribution is -2.41. The van der Waals surface area contributed by atoms with Crippen molar-refractivity contribution in [3.63, 3.8) is 0 Å². The molecule has 0 aromatic rings. The van der Waals surface area contributed by atoms with Crippen LogP contribution in [-0.4, -0.2) is 36.4 Å². The molecular weight excluding hydrogens is 206 g/mol. The maximum atomic E-state index is 11.7. The molecule has 2 N–H and O–H groups in total. The molecule has 0 aliphatic heterocycles. The van der Waals surface area contributed by atoms with Gasteiger partial charge in [-0.15, -0.1) is 0 Å². The molecule has 0 radical (unpaired) electrons. The molecule has 1 saturated carbocycles. The van der Waals surface area contributed by atoms with Crippen LogP contribution >= 0.6 is 0 Å². The van der Waals surface area contributed by atoms with Crippen molar-refractivity contribution < 1.29 is 14.6 Å². The zero-order valence-corrected chi connectivity index (χ0v) is 10.2. The Hall–Kier alpha value is -0.610. The van der Waals surface area contributed by atoms with Gasteiger partial charge in [-0.25, -0.2) is 0 Å². The molecule has 2 atom stereocenters. The Morgan fingerprint density at radius 3 is 2.75 bits per heavy atom. The normalized spacial score (nSPS) is 19.2. The van der Waals surface area contributed by atoms with Crippen molar-refractivity contribution in [2.45, 2.75) is 51.7 Å². The zero-order valence-electron chi connectivity index (χ0n) is 10.2. The largest absolute Gasteiger partial charge is 0.396 e. The number of aliphatic hydroxyl groups excluding tert-OH is 1. The van der Waals surface area contributed by atoms with Crippen LogP contribution in [0.4, 0.5) is 0 Å². The predicted octanol–water partition coefficient (Wildman–Crippen LogP) is 1.08. The first-order chi connectivity index (χ1) is 7.67. The minimum absolute atomic E-state index is 0.0597. The van der Waals surface area contributed by atoms with Gasteiger partial charge in [0.15, 0.2) is 0 Å². The molecule has 2 unspecified atom stereocenters. The maximum absolute atomic E-state index is 11.7. The van der Waals surface area contributed by atoms with Crippen molar-refractivity contribution in [2.75, 3.05) is 13.2 Å². The second-order valence-electron chi connectivity index (χ2n) is 4.54. The van der Waals surface area contributed by atoms with Crippen molar-refractivity contribution in [1.29, 1.82) is 0 Å². The molecule has 0 heterocycles. The molecular formula is C12H23NO3. The lowest BCUT2D eigenvalue weighted by atomic mass is 10.1. The first-order valence-electron chi connectivity index (χ1n) is 6.20. The Bertz CT molecular complexity index is 216. The van der Waals surface area contributed by atoms with E-state index in [1.165, 1.54) is 12.8 Å². The van der Waals surface area contributed by atoms with Crippen molar-refractivity contribution in [3.8, 4) is 0 Å². The summed E-state index contributed by atoms with van der Waals surface area (Å²) in [6, 6.07) is 0.0597. The van der Waals surface area contributed by atoms with Crippen LogP contribution in [0.2, 0.25) is 0 Å². The van der Waals surface area contributed by atoms with Gasteiger partial charge in [-0.3, -0.25) is 4.79 Å². The number of rotatable bonds is 8. The van der Waals surface area contributed by atoms with Crippen molar-refractivity contribution >= 4 is 5.91 Å². The van der Waals surface area contributed by atoms with Gasteiger partial charge >= 0.3 is 0 Å². The van der Waals surface area contributed by atoms with Gasteiger partial charge in [0.25, 0.3) is 0 Å². The highest BCUT2D eigenvalue weighted by molar-refractivity contribution is 5.80. The number of ether oxygens (including phenoxy) is 1. The van der Waals surface area contributed by atoms with Crippen LogP contribution in [0.5, 0.6) is 0 Å². The third-order valence-electron chi connectivity index (χ3n) is 2.96. The second kappa shape index (κ2) is 6.86. The summed E-state index contributed by atoms with van der Waals surface area (Å²) in [4.78, 5) is 11.7. The highest BCUT2D eigenvalue weighted by Crippen LogP contribution is 2.29. The summed E-state index contributed by atoms with van der Waals surface area (Å²) < 4.78 is 5.48. The Labute approximate surface area is 97.4 Å². The fourth-order valence-corrected chi connectivity index (χ4v) is 1.49. The monoisotopic (exact) mass is 229 g/mol. The van der Waals surface area contributed by atoms with Crippen molar-refractivity contribution in [3.05, 3.63) is 0 Å². The predicted molar refractivity (Wildman–Crippen MR) is 62.1 cm³/mol. The first-order valence-corrected chi connectivity index (χ1v) is 6.20. The van der Waals surface area contributed by atoms with E-state index in [4.69, 9.17) is 9.84 Å². The van der Waals surface area contributed by atoms with E-state index in [0.717, 1.165) is 6.42 Å². The highest BCUT2D eigenvalue weighted by atomic mass is 16.5. The fraction of sp³-hybridized carbons (Fsp3) is 0.917. The van der Waals surface area contributed by atoms with E-state index in [-0.39, 0.29) is 24.7 Å². The maximum Gasteiger partial charge on any atom is 0.249 e. The second-order valence-corrected chi connectivity index (χ2v) is 4.54. The van der Waals surface area contributed by atoms with Crippen LogP contribution in [0, 0.1) is 5.92 Å². The number of amides is 1. The van der Waals surface area contributed by atoms with Gasteiger partial charge < -0.3 is 15.2 Å². The molecule has 16 heavy (non-hydrogen) atoms. The number of carbonyl (C=O) groups is 1. The van der Waals surface area contributed by atoms with Crippen LogP contribution in [0.3, 0.4) is 0 Å². The molecule has 1 amide bonds. The van der Waals surface area contributed by atoms with Crippen LogP contribution in [0.25, 0.3) is 0 Å². The topological polar surface area (TPSA) is 58.6 Å². The summed E-state index contributed by atoms with van der Waals surface area (Å²) in [5, 5.41) is 11.7. The van der Waals surface area contributed by atoms with Gasteiger partial charge in [-0.05, 0) is 38.5 Å². The Kier molecular flexibility index (Phi) is 5.77. The summed E-state index contributed by atoms with van der Waals surface area (Å²) in [5.74, 6) is 0.607. The van der Waals surface area contributed by atoms with E-state index in [2.05, 4.69) is 5.32 Å². The number of hydrogen-bond donors (Lipinski definition) is 2. The van der Waals surface area contributed by atoms with E-state index in [9.17, 15) is 4.79 Å². The Morgan fingerprint density at radius 2 is 2.25 bits per heavy atom. The van der Waals surface area contributed by atoms with Crippen LogP contribution in [0.15, 0.2) is 0 Å². The summed E-state index contributed by atoms with van der Waals surface area (Å²) in [7, 11) is 0. The third-order valence-corrected chi connectivity index (χ3v) is 2.96. The molecule has 0 aromatic carbocycles. The van der Waals surface area contributed by atoms with Gasteiger partial charge in [-0.1, -0.05) is 6.92 Å². The molecule has 4 heteroatoms. The summed E-state index contributed by atoms with van der Waals surface area (Å²) in [6.45, 7) is 4.58. The van der Waals surface area contributed by atoms with E-state index >= 15 is 0 Å². The van der Waals surface area contributed by atoms with E-state index in [1.807, 2.05) is 6.92 Å². The third kappa shape index (κ3) is 4.94. The van der Waals surface area contributed by atoms with Crippen molar-refractivity contribution in [2.24, 2.45) is 5.92 Å². The van der Waals surface area contributed by atoms with Crippen LogP contribution < -0.4 is 5.32 Å². The Balaban J connectivity index is 2.19.